The Hall–Kier alpha value is -1.55. The third kappa shape index (κ3) is 2.21. The largest absolute Gasteiger partial charge is 0.496 e. The van der Waals surface area contributed by atoms with Crippen molar-refractivity contribution in [1.82, 2.24) is 5.32 Å². The molecule has 2 aliphatic rings. The zero-order chi connectivity index (χ0) is 13.4. The number of aryl methyl sites for hydroxylation is 1. The van der Waals surface area contributed by atoms with E-state index in [1.54, 1.807) is 13.2 Å². The van der Waals surface area contributed by atoms with Crippen LogP contribution in [0.5, 0.6) is 5.75 Å². The monoisotopic (exact) mass is 261 g/mol. The van der Waals surface area contributed by atoms with E-state index in [0.717, 1.165) is 30.8 Å². The van der Waals surface area contributed by atoms with Crippen LogP contribution in [0, 0.1) is 12.8 Å². The van der Waals surface area contributed by atoms with Gasteiger partial charge in [-0.25, -0.2) is 0 Å². The third-order valence-corrected chi connectivity index (χ3v) is 4.25. The predicted octanol–water partition coefficient (Wildman–Crippen LogP) is 1.91. The quantitative estimate of drug-likeness (QED) is 0.904. The summed E-state index contributed by atoms with van der Waals surface area (Å²) in [4.78, 5) is 12.2. The fourth-order valence-electron chi connectivity index (χ4n) is 2.98. The average molecular weight is 261 g/mol. The number of fused-ring (bicyclic) bond motifs is 1. The molecule has 0 radical (unpaired) electrons. The molecule has 1 aliphatic carbocycles. The second-order valence-electron chi connectivity index (χ2n) is 5.36. The molecular formula is C15H19NO3. The Morgan fingerprint density at radius 3 is 3.05 bits per heavy atom. The topological polar surface area (TPSA) is 47.6 Å². The molecule has 2 fully saturated rings. The van der Waals surface area contributed by atoms with E-state index in [9.17, 15) is 4.79 Å². The van der Waals surface area contributed by atoms with E-state index in [4.69, 9.17) is 9.47 Å². The number of methoxy groups -OCH3 is 1. The van der Waals surface area contributed by atoms with Crippen LogP contribution in [0.3, 0.4) is 0 Å². The summed E-state index contributed by atoms with van der Waals surface area (Å²) in [7, 11) is 1.62. The number of benzene rings is 1. The normalized spacial score (nSPS) is 28.4. The van der Waals surface area contributed by atoms with E-state index in [1.807, 2.05) is 19.1 Å². The third-order valence-electron chi connectivity index (χ3n) is 4.25. The molecular weight excluding hydrogens is 242 g/mol. The van der Waals surface area contributed by atoms with Gasteiger partial charge in [0.15, 0.2) is 0 Å². The lowest BCUT2D eigenvalue weighted by atomic mass is 9.76. The van der Waals surface area contributed by atoms with E-state index in [0.29, 0.717) is 17.6 Å². The molecule has 1 saturated carbocycles. The van der Waals surface area contributed by atoms with Gasteiger partial charge in [0, 0.05) is 24.1 Å². The van der Waals surface area contributed by atoms with Gasteiger partial charge in [-0.05, 0) is 37.5 Å². The number of carbonyl (C=O) groups excluding carboxylic acids is 1. The summed E-state index contributed by atoms with van der Waals surface area (Å²) in [6.45, 7) is 2.80. The first kappa shape index (κ1) is 12.5. The SMILES string of the molecule is COc1cc(C(=O)N[C@@H]2C[C@H]3OCC[C@@H]23)ccc1C. The standard InChI is InChI=1S/C15H19NO3/c1-9-3-4-10(7-13(9)18-2)15(17)16-12-8-14-11(12)5-6-19-14/h3-4,7,11-12,14H,5-6,8H2,1-2H3,(H,16,17)/t11-,12+,14+/m0/s1. The minimum absolute atomic E-state index is 0.0198. The van der Waals surface area contributed by atoms with Crippen molar-refractivity contribution in [2.24, 2.45) is 5.92 Å². The number of rotatable bonds is 3. The Kier molecular flexibility index (Phi) is 3.19. The molecule has 19 heavy (non-hydrogen) atoms. The molecule has 1 heterocycles. The van der Waals surface area contributed by atoms with Gasteiger partial charge in [-0.3, -0.25) is 4.79 Å². The fourth-order valence-corrected chi connectivity index (χ4v) is 2.98. The van der Waals surface area contributed by atoms with Crippen LogP contribution < -0.4 is 10.1 Å². The van der Waals surface area contributed by atoms with Crippen molar-refractivity contribution < 1.29 is 14.3 Å². The molecule has 1 aliphatic heterocycles. The van der Waals surface area contributed by atoms with Crippen molar-refractivity contribution in [2.45, 2.75) is 31.9 Å². The van der Waals surface area contributed by atoms with Crippen LogP contribution in [0.15, 0.2) is 18.2 Å². The summed E-state index contributed by atoms with van der Waals surface area (Å²) in [5.41, 5.74) is 1.69. The highest BCUT2D eigenvalue weighted by Gasteiger charge is 2.45. The van der Waals surface area contributed by atoms with Crippen molar-refractivity contribution in [1.29, 1.82) is 0 Å². The number of nitrogens with one attached hydrogen (secondary N) is 1. The molecule has 1 saturated heterocycles. The molecule has 0 bridgehead atoms. The fraction of sp³-hybridized carbons (Fsp3) is 0.533. The minimum atomic E-state index is -0.0198. The molecule has 4 heteroatoms. The van der Waals surface area contributed by atoms with Gasteiger partial charge < -0.3 is 14.8 Å². The Labute approximate surface area is 113 Å². The first-order valence-corrected chi connectivity index (χ1v) is 6.76. The molecule has 4 nitrogen and oxygen atoms in total. The number of hydrogen-bond acceptors (Lipinski definition) is 3. The van der Waals surface area contributed by atoms with Gasteiger partial charge in [-0.1, -0.05) is 6.07 Å². The molecule has 102 valence electrons. The summed E-state index contributed by atoms with van der Waals surface area (Å²) in [5, 5.41) is 3.10. The minimum Gasteiger partial charge on any atom is -0.496 e. The highest BCUT2D eigenvalue weighted by Crippen LogP contribution is 2.38. The van der Waals surface area contributed by atoms with Gasteiger partial charge >= 0.3 is 0 Å². The van der Waals surface area contributed by atoms with E-state index < -0.39 is 0 Å². The van der Waals surface area contributed by atoms with Crippen molar-refractivity contribution in [3.63, 3.8) is 0 Å². The summed E-state index contributed by atoms with van der Waals surface area (Å²) in [6, 6.07) is 5.82. The molecule has 3 atom stereocenters. The predicted molar refractivity (Wildman–Crippen MR) is 71.4 cm³/mol. The van der Waals surface area contributed by atoms with Gasteiger partial charge in [-0.2, -0.15) is 0 Å². The molecule has 0 unspecified atom stereocenters. The van der Waals surface area contributed by atoms with Crippen molar-refractivity contribution in [3.8, 4) is 5.75 Å². The molecule has 3 rings (SSSR count). The first-order valence-electron chi connectivity index (χ1n) is 6.76. The molecule has 0 spiro atoms. The summed E-state index contributed by atoms with van der Waals surface area (Å²) >= 11 is 0. The Morgan fingerprint density at radius 2 is 2.32 bits per heavy atom. The van der Waals surface area contributed by atoms with Crippen LogP contribution in [0.4, 0.5) is 0 Å². The summed E-state index contributed by atoms with van der Waals surface area (Å²) in [6.07, 6.45) is 2.38. The molecule has 0 aromatic heterocycles. The van der Waals surface area contributed by atoms with E-state index >= 15 is 0 Å². The zero-order valence-corrected chi connectivity index (χ0v) is 11.3. The Bertz CT molecular complexity index is 500. The molecule has 1 aromatic carbocycles. The molecule has 1 aromatic rings. The Morgan fingerprint density at radius 1 is 1.47 bits per heavy atom. The number of carbonyl (C=O) groups is 1. The average Bonchev–Trinajstić information content (AvgIpc) is 2.77. The maximum Gasteiger partial charge on any atom is 0.251 e. The Balaban J connectivity index is 1.67. The van der Waals surface area contributed by atoms with Gasteiger partial charge in [0.2, 0.25) is 0 Å². The maximum absolute atomic E-state index is 12.2. The van der Waals surface area contributed by atoms with Crippen molar-refractivity contribution in [2.75, 3.05) is 13.7 Å². The lowest BCUT2D eigenvalue weighted by molar-refractivity contribution is 0.00809. The number of amides is 1. The second kappa shape index (κ2) is 4.85. The number of hydrogen-bond donors (Lipinski definition) is 1. The van der Waals surface area contributed by atoms with E-state index in [-0.39, 0.29) is 11.9 Å². The highest BCUT2D eigenvalue weighted by molar-refractivity contribution is 5.95. The van der Waals surface area contributed by atoms with Crippen molar-refractivity contribution in [3.05, 3.63) is 29.3 Å². The first-order chi connectivity index (χ1) is 9.19. The van der Waals surface area contributed by atoms with Gasteiger partial charge in [-0.15, -0.1) is 0 Å². The van der Waals surface area contributed by atoms with E-state index in [1.165, 1.54) is 0 Å². The maximum atomic E-state index is 12.2. The lowest BCUT2D eigenvalue weighted by Gasteiger charge is -2.39. The molecule has 1 amide bonds. The van der Waals surface area contributed by atoms with Crippen LogP contribution in [-0.2, 0) is 4.74 Å². The smallest absolute Gasteiger partial charge is 0.251 e. The summed E-state index contributed by atoms with van der Waals surface area (Å²) in [5.74, 6) is 1.24. The van der Waals surface area contributed by atoms with Gasteiger partial charge in [0.05, 0.1) is 13.2 Å². The highest BCUT2D eigenvalue weighted by atomic mass is 16.5. The van der Waals surface area contributed by atoms with Crippen LogP contribution in [0.25, 0.3) is 0 Å². The van der Waals surface area contributed by atoms with Gasteiger partial charge in [0.25, 0.3) is 5.91 Å². The lowest BCUT2D eigenvalue weighted by Crippen LogP contribution is -2.53. The van der Waals surface area contributed by atoms with Gasteiger partial charge in [0.1, 0.15) is 5.75 Å². The van der Waals surface area contributed by atoms with Crippen LogP contribution in [0.2, 0.25) is 0 Å². The summed E-state index contributed by atoms with van der Waals surface area (Å²) < 4.78 is 10.8. The zero-order valence-electron chi connectivity index (χ0n) is 11.3. The van der Waals surface area contributed by atoms with Crippen LogP contribution in [0.1, 0.15) is 28.8 Å². The van der Waals surface area contributed by atoms with Crippen molar-refractivity contribution >= 4 is 5.91 Å². The second-order valence-corrected chi connectivity index (χ2v) is 5.36. The van der Waals surface area contributed by atoms with Crippen LogP contribution >= 0.6 is 0 Å². The van der Waals surface area contributed by atoms with Crippen LogP contribution in [-0.4, -0.2) is 31.8 Å². The number of ether oxygens (including phenoxy) is 2. The molecule has 1 N–H and O–H groups in total. The van der Waals surface area contributed by atoms with E-state index in [2.05, 4.69) is 5.32 Å².